The van der Waals surface area contributed by atoms with Gasteiger partial charge >= 0.3 is 0 Å². The van der Waals surface area contributed by atoms with Crippen molar-refractivity contribution in [3.63, 3.8) is 0 Å². The summed E-state index contributed by atoms with van der Waals surface area (Å²) in [5.74, 6) is 0.944. The van der Waals surface area contributed by atoms with E-state index in [2.05, 4.69) is 40.5 Å². The molecule has 1 saturated carbocycles. The zero-order valence-electron chi connectivity index (χ0n) is 11.5. The van der Waals surface area contributed by atoms with Crippen LogP contribution in [0.3, 0.4) is 0 Å². The van der Waals surface area contributed by atoms with Gasteiger partial charge in [-0.25, -0.2) is 9.67 Å². The topological polar surface area (TPSA) is 60.6 Å². The summed E-state index contributed by atoms with van der Waals surface area (Å²) in [5.41, 5.74) is 1.22. The molecule has 1 aliphatic rings. The van der Waals surface area contributed by atoms with Crippen molar-refractivity contribution in [2.24, 2.45) is 0 Å². The fourth-order valence-electron chi connectivity index (χ4n) is 2.10. The summed E-state index contributed by atoms with van der Waals surface area (Å²) in [7, 11) is 0. The van der Waals surface area contributed by atoms with E-state index in [-0.39, 0.29) is 0 Å². The van der Waals surface area contributed by atoms with Gasteiger partial charge < -0.3 is 5.32 Å². The van der Waals surface area contributed by atoms with Gasteiger partial charge in [-0.1, -0.05) is 0 Å². The van der Waals surface area contributed by atoms with Gasteiger partial charge in [0.2, 0.25) is 0 Å². The van der Waals surface area contributed by atoms with Crippen LogP contribution in [0.1, 0.15) is 44.1 Å². The van der Waals surface area contributed by atoms with E-state index in [0.29, 0.717) is 12.6 Å². The Morgan fingerprint density at radius 3 is 2.95 bits per heavy atom. The van der Waals surface area contributed by atoms with E-state index >= 15 is 0 Å². The van der Waals surface area contributed by atoms with E-state index in [1.165, 1.54) is 18.4 Å². The maximum atomic E-state index is 4.39. The van der Waals surface area contributed by atoms with Crippen LogP contribution < -0.4 is 5.32 Å². The Balaban J connectivity index is 1.63. The molecule has 0 aromatic carbocycles. The lowest BCUT2D eigenvalue weighted by Crippen LogP contribution is -2.15. The van der Waals surface area contributed by atoms with E-state index in [4.69, 9.17) is 0 Å². The Hall–Kier alpha value is -1.69. The van der Waals surface area contributed by atoms with Crippen molar-refractivity contribution in [2.45, 2.75) is 51.9 Å². The van der Waals surface area contributed by atoms with Gasteiger partial charge in [-0.05, 0) is 26.7 Å². The monoisotopic (exact) mass is 260 g/mol. The summed E-state index contributed by atoms with van der Waals surface area (Å²) in [6.45, 7) is 5.78. The van der Waals surface area contributed by atoms with Crippen LogP contribution in [0.2, 0.25) is 0 Å². The SMILES string of the molecule is CC(C)n1ncnc1Cn1cc(CNC2CC2)cn1. The Morgan fingerprint density at radius 1 is 1.37 bits per heavy atom. The molecule has 0 spiro atoms. The third-order valence-electron chi connectivity index (χ3n) is 3.30. The van der Waals surface area contributed by atoms with Crippen molar-refractivity contribution in [3.8, 4) is 0 Å². The van der Waals surface area contributed by atoms with E-state index in [1.807, 2.05) is 15.6 Å². The normalized spacial score (nSPS) is 15.3. The molecule has 102 valence electrons. The quantitative estimate of drug-likeness (QED) is 0.852. The first kappa shape index (κ1) is 12.3. The number of aromatic nitrogens is 5. The molecule has 0 bridgehead atoms. The largest absolute Gasteiger partial charge is 0.310 e. The van der Waals surface area contributed by atoms with E-state index < -0.39 is 0 Å². The molecule has 0 aliphatic heterocycles. The number of nitrogens with one attached hydrogen (secondary N) is 1. The van der Waals surface area contributed by atoms with Crippen molar-refractivity contribution in [1.82, 2.24) is 29.9 Å². The second-order valence-electron chi connectivity index (χ2n) is 5.42. The molecule has 1 fully saturated rings. The fraction of sp³-hybridized carbons (Fsp3) is 0.615. The lowest BCUT2D eigenvalue weighted by atomic mass is 10.3. The van der Waals surface area contributed by atoms with E-state index in [0.717, 1.165) is 18.4 Å². The highest BCUT2D eigenvalue weighted by molar-refractivity contribution is 5.05. The summed E-state index contributed by atoms with van der Waals surface area (Å²) in [4.78, 5) is 4.30. The zero-order valence-corrected chi connectivity index (χ0v) is 11.5. The van der Waals surface area contributed by atoms with Crippen LogP contribution in [0, 0.1) is 0 Å². The highest BCUT2D eigenvalue weighted by Gasteiger charge is 2.20. The van der Waals surface area contributed by atoms with Crippen LogP contribution in [-0.4, -0.2) is 30.6 Å². The molecule has 0 amide bonds. The minimum atomic E-state index is 0.323. The first-order valence-corrected chi connectivity index (χ1v) is 6.85. The maximum absolute atomic E-state index is 4.39. The predicted octanol–water partition coefficient (Wildman–Crippen LogP) is 1.36. The molecule has 2 heterocycles. The summed E-state index contributed by atoms with van der Waals surface area (Å²) in [6.07, 6.45) is 8.23. The van der Waals surface area contributed by atoms with Crippen LogP contribution in [0.4, 0.5) is 0 Å². The molecule has 0 atom stereocenters. The summed E-state index contributed by atoms with van der Waals surface area (Å²) < 4.78 is 3.86. The molecule has 3 rings (SSSR count). The Morgan fingerprint density at radius 2 is 2.21 bits per heavy atom. The van der Waals surface area contributed by atoms with Gasteiger partial charge in [0, 0.05) is 30.4 Å². The molecule has 6 heteroatoms. The van der Waals surface area contributed by atoms with Crippen LogP contribution in [-0.2, 0) is 13.1 Å². The van der Waals surface area contributed by atoms with E-state index in [9.17, 15) is 0 Å². The lowest BCUT2D eigenvalue weighted by Gasteiger charge is -2.09. The minimum absolute atomic E-state index is 0.323. The standard InChI is InChI=1S/C13H20N6/c1-10(2)19-13(15-9-17-19)8-18-7-11(6-16-18)5-14-12-3-4-12/h6-7,9-10,12,14H,3-5,8H2,1-2H3. The van der Waals surface area contributed by atoms with Crippen LogP contribution in [0.15, 0.2) is 18.7 Å². The van der Waals surface area contributed by atoms with Gasteiger partial charge in [-0.15, -0.1) is 0 Å². The van der Waals surface area contributed by atoms with Gasteiger partial charge in [-0.2, -0.15) is 10.2 Å². The molecule has 0 radical (unpaired) electrons. The zero-order chi connectivity index (χ0) is 13.2. The number of nitrogens with zero attached hydrogens (tertiary/aromatic N) is 5. The Bertz CT molecular complexity index is 537. The van der Waals surface area contributed by atoms with E-state index in [1.54, 1.807) is 6.33 Å². The number of hydrogen-bond donors (Lipinski definition) is 1. The van der Waals surface area contributed by atoms with Gasteiger partial charge in [0.1, 0.15) is 18.7 Å². The third-order valence-corrected chi connectivity index (χ3v) is 3.30. The molecule has 1 N–H and O–H groups in total. The molecule has 2 aromatic heterocycles. The molecule has 0 unspecified atom stereocenters. The van der Waals surface area contributed by atoms with Crippen LogP contribution >= 0.6 is 0 Å². The first-order chi connectivity index (χ1) is 9.22. The fourth-order valence-corrected chi connectivity index (χ4v) is 2.10. The van der Waals surface area contributed by atoms with Gasteiger partial charge in [-0.3, -0.25) is 4.68 Å². The molecular formula is C13H20N6. The third kappa shape index (κ3) is 3.01. The highest BCUT2D eigenvalue weighted by Crippen LogP contribution is 2.19. The van der Waals surface area contributed by atoms with Gasteiger partial charge in [0.15, 0.2) is 0 Å². The maximum Gasteiger partial charge on any atom is 0.148 e. The Kier molecular flexibility index (Phi) is 3.33. The molecule has 1 aliphatic carbocycles. The molecule has 0 saturated heterocycles. The molecular weight excluding hydrogens is 240 g/mol. The summed E-state index contributed by atoms with van der Waals surface area (Å²) in [6, 6.07) is 1.05. The number of hydrogen-bond acceptors (Lipinski definition) is 4. The van der Waals surface area contributed by atoms with Crippen molar-refractivity contribution in [3.05, 3.63) is 30.1 Å². The molecule has 2 aromatic rings. The Labute approximate surface area is 112 Å². The van der Waals surface area contributed by atoms with Gasteiger partial charge in [0.05, 0.1) is 6.20 Å². The molecule has 6 nitrogen and oxygen atoms in total. The average Bonchev–Trinajstić information content (AvgIpc) is 2.91. The van der Waals surface area contributed by atoms with Crippen LogP contribution in [0.25, 0.3) is 0 Å². The van der Waals surface area contributed by atoms with Gasteiger partial charge in [0.25, 0.3) is 0 Å². The highest BCUT2D eigenvalue weighted by atomic mass is 15.4. The number of rotatable bonds is 6. The minimum Gasteiger partial charge on any atom is -0.310 e. The summed E-state index contributed by atoms with van der Waals surface area (Å²) in [5, 5.41) is 12.1. The smallest absolute Gasteiger partial charge is 0.148 e. The second kappa shape index (κ2) is 5.13. The second-order valence-corrected chi connectivity index (χ2v) is 5.42. The van der Waals surface area contributed by atoms with Crippen molar-refractivity contribution in [1.29, 1.82) is 0 Å². The summed E-state index contributed by atoms with van der Waals surface area (Å²) >= 11 is 0. The average molecular weight is 260 g/mol. The predicted molar refractivity (Wildman–Crippen MR) is 71.6 cm³/mol. The van der Waals surface area contributed by atoms with Crippen molar-refractivity contribution in [2.75, 3.05) is 0 Å². The lowest BCUT2D eigenvalue weighted by molar-refractivity contribution is 0.488. The molecule has 19 heavy (non-hydrogen) atoms. The van der Waals surface area contributed by atoms with Crippen molar-refractivity contribution >= 4 is 0 Å². The van der Waals surface area contributed by atoms with Crippen molar-refractivity contribution < 1.29 is 0 Å². The van der Waals surface area contributed by atoms with Crippen LogP contribution in [0.5, 0.6) is 0 Å². The first-order valence-electron chi connectivity index (χ1n) is 6.85.